The molecule has 0 bridgehead atoms. The number of hydrogen-bond donors (Lipinski definition) is 6. The molecule has 1 aromatic rings. The van der Waals surface area contributed by atoms with E-state index in [0.29, 0.717) is 12.0 Å². The molecule has 0 spiro atoms. The first-order chi connectivity index (χ1) is 15.4. The van der Waals surface area contributed by atoms with Crippen molar-refractivity contribution in [1.29, 1.82) is 0 Å². The maximum absolute atomic E-state index is 12.9. The quantitative estimate of drug-likeness (QED) is 0.247. The van der Waals surface area contributed by atoms with E-state index in [1.807, 2.05) is 27.7 Å². The number of phenols is 1. The summed E-state index contributed by atoms with van der Waals surface area (Å²) in [6.07, 6.45) is 0.753. The number of carboxylic acids is 1. The van der Waals surface area contributed by atoms with Crippen molar-refractivity contribution in [3.8, 4) is 5.75 Å². The van der Waals surface area contributed by atoms with Crippen molar-refractivity contribution >= 4 is 23.7 Å². The van der Waals surface area contributed by atoms with Gasteiger partial charge >= 0.3 is 5.97 Å². The van der Waals surface area contributed by atoms with Crippen LogP contribution < -0.4 is 21.7 Å². The number of benzene rings is 1. The molecule has 0 heterocycles. The van der Waals surface area contributed by atoms with Crippen molar-refractivity contribution in [1.82, 2.24) is 16.0 Å². The zero-order valence-electron chi connectivity index (χ0n) is 19.6. The maximum atomic E-state index is 12.9. The fraction of sp³-hybridized carbons (Fsp3) is 0.565. The van der Waals surface area contributed by atoms with Crippen LogP contribution in [0.2, 0.25) is 0 Å². The number of aromatic hydroxyl groups is 1. The first-order valence-corrected chi connectivity index (χ1v) is 11.0. The molecule has 0 saturated carbocycles. The Morgan fingerprint density at radius 2 is 1.45 bits per heavy atom. The van der Waals surface area contributed by atoms with Crippen LogP contribution in [0.25, 0.3) is 0 Å². The number of carbonyl (C=O) groups excluding carboxylic acids is 3. The zero-order chi connectivity index (χ0) is 25.1. The first kappa shape index (κ1) is 27.9. The topological polar surface area (TPSA) is 171 Å². The molecule has 3 atom stereocenters. The largest absolute Gasteiger partial charge is 0.508 e. The van der Waals surface area contributed by atoms with Gasteiger partial charge in [0.2, 0.25) is 17.7 Å². The molecule has 0 aliphatic rings. The summed E-state index contributed by atoms with van der Waals surface area (Å²) < 4.78 is 0. The van der Waals surface area contributed by atoms with E-state index in [2.05, 4.69) is 16.0 Å². The van der Waals surface area contributed by atoms with E-state index in [4.69, 9.17) is 5.73 Å². The van der Waals surface area contributed by atoms with Crippen LogP contribution in [0.4, 0.5) is 0 Å². The molecule has 10 heteroatoms. The fourth-order valence-corrected chi connectivity index (χ4v) is 3.20. The summed E-state index contributed by atoms with van der Waals surface area (Å²) in [6, 6.07) is 3.14. The minimum absolute atomic E-state index is 0.0294. The van der Waals surface area contributed by atoms with Crippen LogP contribution in [0.1, 0.15) is 46.1 Å². The van der Waals surface area contributed by atoms with Gasteiger partial charge in [0.1, 0.15) is 17.8 Å². The van der Waals surface area contributed by atoms with Gasteiger partial charge in [-0.2, -0.15) is 0 Å². The van der Waals surface area contributed by atoms with Crippen molar-refractivity contribution in [2.24, 2.45) is 17.6 Å². The summed E-state index contributed by atoms with van der Waals surface area (Å²) in [5.74, 6) is -2.62. The highest BCUT2D eigenvalue weighted by Crippen LogP contribution is 2.12. The Labute approximate surface area is 194 Å². The predicted octanol–water partition coefficient (Wildman–Crippen LogP) is 0.525. The van der Waals surface area contributed by atoms with E-state index < -0.39 is 41.8 Å². The number of carbonyl (C=O) groups is 4. The molecule has 33 heavy (non-hydrogen) atoms. The second kappa shape index (κ2) is 13.4. The lowest BCUT2D eigenvalue weighted by Crippen LogP contribution is -2.54. The number of phenolic OH excluding ortho intramolecular Hbond substituents is 1. The van der Waals surface area contributed by atoms with E-state index in [1.54, 1.807) is 12.1 Å². The maximum Gasteiger partial charge on any atom is 0.326 e. The van der Waals surface area contributed by atoms with Gasteiger partial charge in [0.15, 0.2) is 0 Å². The molecule has 0 radical (unpaired) electrons. The van der Waals surface area contributed by atoms with Gasteiger partial charge in [0.25, 0.3) is 0 Å². The molecule has 0 fully saturated rings. The number of aliphatic carboxylic acids is 1. The summed E-state index contributed by atoms with van der Waals surface area (Å²) >= 11 is 0. The third-order valence-electron chi connectivity index (χ3n) is 4.83. The molecule has 7 N–H and O–H groups in total. The van der Waals surface area contributed by atoms with E-state index >= 15 is 0 Å². The van der Waals surface area contributed by atoms with Gasteiger partial charge in [-0.1, -0.05) is 39.8 Å². The van der Waals surface area contributed by atoms with Crippen LogP contribution in [0, 0.1) is 11.8 Å². The number of amides is 3. The van der Waals surface area contributed by atoms with Crippen LogP contribution in [0.3, 0.4) is 0 Å². The lowest BCUT2D eigenvalue weighted by atomic mass is 10.0. The predicted molar refractivity (Wildman–Crippen MR) is 123 cm³/mol. The van der Waals surface area contributed by atoms with Gasteiger partial charge < -0.3 is 31.9 Å². The first-order valence-electron chi connectivity index (χ1n) is 11.0. The molecule has 0 saturated heterocycles. The minimum atomic E-state index is -1.17. The standard InChI is InChI=1S/C23H36N4O6/c1-13(2)9-17(24)21(30)25-12-20(29)26-18(11-15-5-7-16(28)8-6-15)22(31)27-19(23(32)33)10-14(3)4/h5-8,13-14,17-19,28H,9-12,24H2,1-4H3,(H,25,30)(H,26,29)(H,27,31)(H,32,33). The summed E-state index contributed by atoms with van der Waals surface area (Å²) in [4.78, 5) is 48.9. The van der Waals surface area contributed by atoms with Gasteiger partial charge in [-0.15, -0.1) is 0 Å². The molecule has 0 aliphatic carbocycles. The van der Waals surface area contributed by atoms with Crippen LogP contribution in [0.5, 0.6) is 5.75 Å². The second-order valence-corrected chi connectivity index (χ2v) is 8.97. The lowest BCUT2D eigenvalue weighted by Gasteiger charge is -2.23. The van der Waals surface area contributed by atoms with Gasteiger partial charge in [0.05, 0.1) is 12.6 Å². The van der Waals surface area contributed by atoms with Crippen molar-refractivity contribution in [2.45, 2.75) is 65.1 Å². The van der Waals surface area contributed by atoms with Crippen LogP contribution >= 0.6 is 0 Å². The zero-order valence-corrected chi connectivity index (χ0v) is 19.6. The Hall–Kier alpha value is -3.14. The van der Waals surface area contributed by atoms with Crippen LogP contribution in [-0.2, 0) is 25.6 Å². The minimum Gasteiger partial charge on any atom is -0.508 e. The molecule has 3 amide bonds. The van der Waals surface area contributed by atoms with E-state index in [-0.39, 0.29) is 37.0 Å². The van der Waals surface area contributed by atoms with E-state index in [1.165, 1.54) is 12.1 Å². The Kier molecular flexibility index (Phi) is 11.3. The highest BCUT2D eigenvalue weighted by Gasteiger charge is 2.27. The molecule has 0 aromatic heterocycles. The highest BCUT2D eigenvalue weighted by molar-refractivity contribution is 5.92. The molecule has 1 rings (SSSR count). The third-order valence-corrected chi connectivity index (χ3v) is 4.83. The Bertz CT molecular complexity index is 810. The SMILES string of the molecule is CC(C)CC(N)C(=O)NCC(=O)NC(Cc1ccc(O)cc1)C(=O)NC(CC(C)C)C(=O)O. The fourth-order valence-electron chi connectivity index (χ4n) is 3.20. The molecule has 10 nitrogen and oxygen atoms in total. The van der Waals surface area contributed by atoms with Crippen molar-refractivity contribution in [3.63, 3.8) is 0 Å². The summed E-state index contributed by atoms with van der Waals surface area (Å²) in [5, 5.41) is 26.4. The Balaban J connectivity index is 2.87. The van der Waals surface area contributed by atoms with Gasteiger partial charge in [-0.05, 0) is 42.4 Å². The average molecular weight is 465 g/mol. The number of carboxylic acid groups (broad SMARTS) is 1. The molecular weight excluding hydrogens is 428 g/mol. The summed E-state index contributed by atoms with van der Waals surface area (Å²) in [5.41, 5.74) is 6.45. The van der Waals surface area contributed by atoms with Crippen LogP contribution in [-0.4, -0.2) is 58.6 Å². The Morgan fingerprint density at radius 3 is 1.97 bits per heavy atom. The van der Waals surface area contributed by atoms with Gasteiger partial charge in [0, 0.05) is 6.42 Å². The molecular formula is C23H36N4O6. The normalized spacial score (nSPS) is 13.8. The summed E-state index contributed by atoms with van der Waals surface area (Å²) in [7, 11) is 0. The highest BCUT2D eigenvalue weighted by atomic mass is 16.4. The number of nitrogens with one attached hydrogen (secondary N) is 3. The number of rotatable bonds is 13. The van der Waals surface area contributed by atoms with E-state index in [0.717, 1.165) is 0 Å². The van der Waals surface area contributed by atoms with Crippen molar-refractivity contribution < 1.29 is 29.4 Å². The van der Waals surface area contributed by atoms with E-state index in [9.17, 15) is 29.4 Å². The van der Waals surface area contributed by atoms with Gasteiger partial charge in [-0.3, -0.25) is 14.4 Å². The summed E-state index contributed by atoms with van der Waals surface area (Å²) in [6.45, 7) is 7.15. The monoisotopic (exact) mass is 464 g/mol. The molecule has 1 aromatic carbocycles. The smallest absolute Gasteiger partial charge is 0.326 e. The number of nitrogens with two attached hydrogens (primary N) is 1. The Morgan fingerprint density at radius 1 is 0.879 bits per heavy atom. The van der Waals surface area contributed by atoms with Crippen molar-refractivity contribution in [2.75, 3.05) is 6.54 Å². The third kappa shape index (κ3) is 10.8. The second-order valence-electron chi connectivity index (χ2n) is 8.97. The molecule has 3 unspecified atom stereocenters. The molecule has 0 aliphatic heterocycles. The van der Waals surface area contributed by atoms with Crippen LogP contribution in [0.15, 0.2) is 24.3 Å². The van der Waals surface area contributed by atoms with Gasteiger partial charge in [-0.25, -0.2) is 4.79 Å². The molecule has 184 valence electrons. The number of hydrogen-bond acceptors (Lipinski definition) is 6. The lowest BCUT2D eigenvalue weighted by molar-refractivity contribution is -0.142. The van der Waals surface area contributed by atoms with Crippen molar-refractivity contribution in [3.05, 3.63) is 29.8 Å². The average Bonchev–Trinajstić information content (AvgIpc) is 2.71.